The van der Waals surface area contributed by atoms with Crippen LogP contribution < -0.4 is 5.32 Å². The van der Waals surface area contributed by atoms with Gasteiger partial charge in [-0.15, -0.1) is 0 Å². The van der Waals surface area contributed by atoms with E-state index < -0.39 is 0 Å². The van der Waals surface area contributed by atoms with E-state index in [2.05, 4.69) is 15.3 Å². The minimum Gasteiger partial charge on any atom is -0.391 e. The largest absolute Gasteiger partial charge is 0.391 e. The second kappa shape index (κ2) is 3.70. The van der Waals surface area contributed by atoms with Crippen molar-refractivity contribution in [2.45, 2.75) is 18.9 Å². The predicted octanol–water partition coefficient (Wildman–Crippen LogP) is 0.659. The second-order valence-electron chi connectivity index (χ2n) is 3.38. The van der Waals surface area contributed by atoms with Crippen LogP contribution in [0.3, 0.4) is 0 Å². The Morgan fingerprint density at radius 2 is 2.38 bits per heavy atom. The third-order valence-corrected chi connectivity index (χ3v) is 2.22. The molecule has 0 bridgehead atoms. The van der Waals surface area contributed by atoms with E-state index in [9.17, 15) is 5.11 Å². The van der Waals surface area contributed by atoms with Crippen LogP contribution in [0.15, 0.2) is 18.6 Å². The molecular weight excluding hydrogens is 166 g/mol. The van der Waals surface area contributed by atoms with Crippen molar-refractivity contribution in [1.29, 1.82) is 0 Å². The molecule has 4 nitrogen and oxygen atoms in total. The van der Waals surface area contributed by atoms with E-state index in [1.807, 2.05) is 0 Å². The van der Waals surface area contributed by atoms with Gasteiger partial charge in [-0.05, 0) is 18.8 Å². The van der Waals surface area contributed by atoms with E-state index in [4.69, 9.17) is 0 Å². The van der Waals surface area contributed by atoms with Crippen LogP contribution in [0.4, 0.5) is 5.82 Å². The Bertz CT molecular complexity index is 261. The summed E-state index contributed by atoms with van der Waals surface area (Å²) in [4.78, 5) is 7.96. The van der Waals surface area contributed by atoms with E-state index in [0.717, 1.165) is 18.7 Å². The molecule has 70 valence electrons. The van der Waals surface area contributed by atoms with Gasteiger partial charge >= 0.3 is 0 Å². The number of nitrogens with zero attached hydrogens (tertiary/aromatic N) is 2. The van der Waals surface area contributed by atoms with Crippen LogP contribution in [-0.2, 0) is 0 Å². The maximum Gasteiger partial charge on any atom is 0.144 e. The summed E-state index contributed by atoms with van der Waals surface area (Å²) >= 11 is 0. The maximum atomic E-state index is 9.54. The molecule has 2 rings (SSSR count). The van der Waals surface area contributed by atoms with E-state index in [1.54, 1.807) is 18.6 Å². The number of aliphatic hydroxyl groups is 1. The van der Waals surface area contributed by atoms with Crippen LogP contribution in [0, 0.1) is 5.92 Å². The Kier molecular flexibility index (Phi) is 2.40. The zero-order valence-electron chi connectivity index (χ0n) is 7.35. The van der Waals surface area contributed by atoms with Gasteiger partial charge in [-0.3, -0.25) is 4.98 Å². The number of aliphatic hydroxyl groups excluding tert-OH is 1. The Morgan fingerprint density at radius 1 is 1.54 bits per heavy atom. The Hall–Kier alpha value is -1.16. The first kappa shape index (κ1) is 8.44. The van der Waals surface area contributed by atoms with Crippen LogP contribution >= 0.6 is 0 Å². The summed E-state index contributed by atoms with van der Waals surface area (Å²) < 4.78 is 0. The SMILES string of the molecule is OC(CNc1cnccn1)C1CC1. The number of hydrogen-bond acceptors (Lipinski definition) is 4. The van der Waals surface area contributed by atoms with Crippen LogP contribution in [0.5, 0.6) is 0 Å². The van der Waals surface area contributed by atoms with Gasteiger partial charge in [0.05, 0.1) is 12.3 Å². The molecule has 1 aromatic rings. The Balaban J connectivity index is 1.78. The smallest absolute Gasteiger partial charge is 0.144 e. The average Bonchev–Trinajstić information content (AvgIpc) is 2.99. The highest BCUT2D eigenvalue weighted by Crippen LogP contribution is 2.32. The number of nitrogens with one attached hydrogen (secondary N) is 1. The van der Waals surface area contributed by atoms with E-state index in [-0.39, 0.29) is 6.10 Å². The molecule has 0 aliphatic heterocycles. The van der Waals surface area contributed by atoms with Gasteiger partial charge in [0.2, 0.25) is 0 Å². The van der Waals surface area contributed by atoms with Crippen LogP contribution in [0.25, 0.3) is 0 Å². The molecule has 1 atom stereocenters. The van der Waals surface area contributed by atoms with Crippen molar-refractivity contribution in [2.24, 2.45) is 5.92 Å². The molecule has 0 amide bonds. The molecule has 1 aliphatic rings. The first-order valence-electron chi connectivity index (χ1n) is 4.54. The lowest BCUT2D eigenvalue weighted by Gasteiger charge is -2.10. The standard InChI is InChI=1S/C9H13N3O/c13-8(7-1-2-7)5-12-9-6-10-3-4-11-9/h3-4,6-8,13H,1-2,5H2,(H,11,12). The van der Waals surface area contributed by atoms with Gasteiger partial charge in [-0.1, -0.05) is 0 Å². The van der Waals surface area contributed by atoms with Crippen molar-refractivity contribution < 1.29 is 5.11 Å². The molecule has 1 aromatic heterocycles. The normalized spacial score (nSPS) is 18.2. The van der Waals surface area contributed by atoms with Crippen molar-refractivity contribution in [3.8, 4) is 0 Å². The summed E-state index contributed by atoms with van der Waals surface area (Å²) in [5, 5.41) is 12.6. The monoisotopic (exact) mass is 179 g/mol. The van der Waals surface area contributed by atoms with Gasteiger partial charge in [0, 0.05) is 18.9 Å². The van der Waals surface area contributed by atoms with Gasteiger partial charge in [-0.2, -0.15) is 0 Å². The number of rotatable bonds is 4. The average molecular weight is 179 g/mol. The lowest BCUT2D eigenvalue weighted by molar-refractivity contribution is 0.164. The molecule has 2 N–H and O–H groups in total. The third-order valence-electron chi connectivity index (χ3n) is 2.22. The van der Waals surface area contributed by atoms with Crippen LogP contribution in [-0.4, -0.2) is 27.7 Å². The van der Waals surface area contributed by atoms with E-state index >= 15 is 0 Å². The van der Waals surface area contributed by atoms with Gasteiger partial charge in [-0.25, -0.2) is 4.98 Å². The van der Waals surface area contributed by atoms with Crippen molar-refractivity contribution in [2.75, 3.05) is 11.9 Å². The molecule has 1 fully saturated rings. The lowest BCUT2D eigenvalue weighted by Crippen LogP contribution is -2.21. The maximum absolute atomic E-state index is 9.54. The third kappa shape index (κ3) is 2.39. The molecule has 1 unspecified atom stereocenters. The summed E-state index contributed by atoms with van der Waals surface area (Å²) in [5.74, 6) is 1.23. The van der Waals surface area contributed by atoms with Crippen molar-refractivity contribution in [1.82, 2.24) is 9.97 Å². The number of anilines is 1. The molecule has 0 saturated heterocycles. The molecular formula is C9H13N3O. The minimum atomic E-state index is -0.234. The molecule has 1 aliphatic carbocycles. The fraction of sp³-hybridized carbons (Fsp3) is 0.556. The predicted molar refractivity (Wildman–Crippen MR) is 49.3 cm³/mol. The minimum absolute atomic E-state index is 0.234. The number of aromatic nitrogens is 2. The summed E-state index contributed by atoms with van der Waals surface area (Å²) in [6.07, 6.45) is 6.99. The molecule has 1 saturated carbocycles. The van der Waals surface area contributed by atoms with Crippen molar-refractivity contribution >= 4 is 5.82 Å². The fourth-order valence-corrected chi connectivity index (χ4v) is 1.25. The molecule has 0 spiro atoms. The summed E-state index contributed by atoms with van der Waals surface area (Å²) in [5.41, 5.74) is 0. The second-order valence-corrected chi connectivity index (χ2v) is 3.38. The highest BCUT2D eigenvalue weighted by molar-refractivity contribution is 5.29. The lowest BCUT2D eigenvalue weighted by atomic mass is 10.2. The highest BCUT2D eigenvalue weighted by Gasteiger charge is 2.29. The zero-order valence-corrected chi connectivity index (χ0v) is 7.35. The topological polar surface area (TPSA) is 58.0 Å². The Labute approximate surface area is 77.0 Å². The van der Waals surface area contributed by atoms with Gasteiger partial charge in [0.15, 0.2) is 0 Å². The van der Waals surface area contributed by atoms with Crippen molar-refractivity contribution in [3.05, 3.63) is 18.6 Å². The summed E-state index contributed by atoms with van der Waals surface area (Å²) in [6.45, 7) is 0.573. The van der Waals surface area contributed by atoms with Gasteiger partial charge in [0.25, 0.3) is 0 Å². The molecule has 1 heterocycles. The molecule has 13 heavy (non-hydrogen) atoms. The summed E-state index contributed by atoms with van der Waals surface area (Å²) in [7, 11) is 0. The number of hydrogen-bond donors (Lipinski definition) is 2. The highest BCUT2D eigenvalue weighted by atomic mass is 16.3. The molecule has 0 radical (unpaired) electrons. The summed E-state index contributed by atoms with van der Waals surface area (Å²) in [6, 6.07) is 0. The van der Waals surface area contributed by atoms with Gasteiger partial charge < -0.3 is 10.4 Å². The first-order valence-corrected chi connectivity index (χ1v) is 4.54. The van der Waals surface area contributed by atoms with Crippen LogP contribution in [0.2, 0.25) is 0 Å². The van der Waals surface area contributed by atoms with E-state index in [1.165, 1.54) is 0 Å². The van der Waals surface area contributed by atoms with Crippen molar-refractivity contribution in [3.63, 3.8) is 0 Å². The zero-order chi connectivity index (χ0) is 9.10. The van der Waals surface area contributed by atoms with Crippen LogP contribution in [0.1, 0.15) is 12.8 Å². The Morgan fingerprint density at radius 3 is 3.00 bits per heavy atom. The fourth-order valence-electron chi connectivity index (χ4n) is 1.25. The van der Waals surface area contributed by atoms with Gasteiger partial charge in [0.1, 0.15) is 5.82 Å². The van der Waals surface area contributed by atoms with E-state index in [0.29, 0.717) is 12.5 Å². The molecule has 0 aromatic carbocycles. The molecule has 4 heteroatoms. The quantitative estimate of drug-likeness (QED) is 0.713. The first-order chi connectivity index (χ1) is 6.36.